The largest absolute Gasteiger partial charge is 0.480 e. The van der Waals surface area contributed by atoms with Gasteiger partial charge in [0.1, 0.15) is 6.04 Å². The maximum Gasteiger partial charge on any atom is 0.326 e. The van der Waals surface area contributed by atoms with Crippen LogP contribution in [0.4, 0.5) is 0 Å². The van der Waals surface area contributed by atoms with Gasteiger partial charge in [0, 0.05) is 23.5 Å². The Morgan fingerprint density at radius 1 is 1.40 bits per heavy atom. The first-order valence-corrected chi connectivity index (χ1v) is 6.40. The van der Waals surface area contributed by atoms with Crippen LogP contribution in [0.2, 0.25) is 0 Å². The average molecular weight is 276 g/mol. The highest BCUT2D eigenvalue weighted by Gasteiger charge is 2.24. The number of para-hydroxylation sites is 1. The van der Waals surface area contributed by atoms with Crippen LogP contribution in [0.1, 0.15) is 12.5 Å². The van der Waals surface area contributed by atoms with Gasteiger partial charge in [-0.1, -0.05) is 18.2 Å². The zero-order valence-electron chi connectivity index (χ0n) is 11.2. The predicted octanol–water partition coefficient (Wildman–Crippen LogP) is -0.0898. The minimum atomic E-state index is -1.05. The number of aliphatic carboxylic acids is 1. The maximum absolute atomic E-state index is 11.6. The molecule has 0 aliphatic carbocycles. The number of rotatable bonds is 5. The molecule has 1 heterocycles. The molecule has 0 saturated heterocycles. The van der Waals surface area contributed by atoms with E-state index in [9.17, 15) is 14.7 Å². The van der Waals surface area contributed by atoms with Crippen molar-refractivity contribution in [2.75, 3.05) is 0 Å². The molecule has 6 heteroatoms. The smallest absolute Gasteiger partial charge is 0.326 e. The first-order valence-electron chi connectivity index (χ1n) is 6.40. The number of carboxylic acid groups (broad SMARTS) is 1. The summed E-state index contributed by atoms with van der Waals surface area (Å²) < 4.78 is 0. The highest BCUT2D eigenvalue weighted by atomic mass is 16.4. The minimum Gasteiger partial charge on any atom is -0.480 e. The van der Waals surface area contributed by atoms with E-state index in [1.807, 2.05) is 24.3 Å². The van der Waals surface area contributed by atoms with E-state index < -0.39 is 18.1 Å². The molecular weight excluding hydrogens is 258 g/mol. The Bertz CT molecular complexity index is 633. The molecule has 0 radical (unpaired) electrons. The molecule has 6 nitrogen and oxygen atoms in total. The van der Waals surface area contributed by atoms with Crippen molar-refractivity contribution < 1.29 is 20.4 Å². The van der Waals surface area contributed by atoms with Gasteiger partial charge in [-0.05, 0) is 18.6 Å². The van der Waals surface area contributed by atoms with Gasteiger partial charge in [0.05, 0.1) is 0 Å². The molecule has 0 bridgehead atoms. The van der Waals surface area contributed by atoms with Crippen LogP contribution >= 0.6 is 0 Å². The van der Waals surface area contributed by atoms with Crippen LogP contribution in [0.25, 0.3) is 10.9 Å². The number of amides is 1. The van der Waals surface area contributed by atoms with E-state index in [1.54, 1.807) is 13.1 Å². The van der Waals surface area contributed by atoms with Crippen molar-refractivity contribution >= 4 is 22.8 Å². The van der Waals surface area contributed by atoms with Gasteiger partial charge < -0.3 is 21.1 Å². The molecule has 0 aliphatic rings. The van der Waals surface area contributed by atoms with E-state index in [4.69, 9.17) is 0 Å². The summed E-state index contributed by atoms with van der Waals surface area (Å²) in [6, 6.07) is 6.21. The molecule has 0 aliphatic heterocycles. The molecule has 106 valence electrons. The summed E-state index contributed by atoms with van der Waals surface area (Å²) in [5, 5.41) is 12.7. The van der Waals surface area contributed by atoms with Gasteiger partial charge in [-0.25, -0.2) is 4.79 Å². The number of carboxylic acids is 1. The molecule has 1 aromatic carbocycles. The predicted molar refractivity (Wildman–Crippen MR) is 73.9 cm³/mol. The third-order valence-corrected chi connectivity index (χ3v) is 3.16. The van der Waals surface area contributed by atoms with E-state index in [1.165, 1.54) is 0 Å². The van der Waals surface area contributed by atoms with E-state index in [2.05, 4.69) is 16.0 Å². The quantitative estimate of drug-likeness (QED) is 0.612. The number of hydrogen-bond acceptors (Lipinski definition) is 2. The highest BCUT2D eigenvalue weighted by molar-refractivity contribution is 5.87. The number of carbonyl (C=O) groups excluding carboxylic acids is 1. The van der Waals surface area contributed by atoms with Crippen molar-refractivity contribution in [1.29, 1.82) is 0 Å². The van der Waals surface area contributed by atoms with Crippen molar-refractivity contribution in [2.45, 2.75) is 25.4 Å². The Morgan fingerprint density at radius 2 is 2.10 bits per heavy atom. The van der Waals surface area contributed by atoms with Crippen LogP contribution in [0.3, 0.4) is 0 Å². The monoisotopic (exact) mass is 276 g/mol. The fourth-order valence-corrected chi connectivity index (χ4v) is 2.03. The third-order valence-electron chi connectivity index (χ3n) is 3.16. The van der Waals surface area contributed by atoms with Gasteiger partial charge in [-0.3, -0.25) is 4.79 Å². The van der Waals surface area contributed by atoms with Crippen LogP contribution < -0.4 is 11.1 Å². The number of nitrogens with one attached hydrogen (secondary N) is 2. The topological polar surface area (TPSA) is 110 Å². The van der Waals surface area contributed by atoms with E-state index in [-0.39, 0.29) is 12.3 Å². The molecule has 0 fully saturated rings. The third kappa shape index (κ3) is 2.97. The molecule has 2 atom stereocenters. The number of aromatic nitrogens is 1. The van der Waals surface area contributed by atoms with Crippen molar-refractivity contribution in [2.24, 2.45) is 0 Å². The van der Waals surface area contributed by atoms with Gasteiger partial charge >= 0.3 is 5.97 Å². The molecule has 20 heavy (non-hydrogen) atoms. The minimum absolute atomic E-state index is 0.234. The van der Waals surface area contributed by atoms with Gasteiger partial charge in [0.15, 0.2) is 6.04 Å². The molecular formula is C14H18N3O3+. The Morgan fingerprint density at radius 3 is 2.75 bits per heavy atom. The Labute approximate surface area is 116 Å². The van der Waals surface area contributed by atoms with Crippen LogP contribution in [0.15, 0.2) is 30.5 Å². The van der Waals surface area contributed by atoms with Crippen molar-refractivity contribution in [3.63, 3.8) is 0 Å². The number of aromatic amines is 1. The molecule has 0 spiro atoms. The first-order chi connectivity index (χ1) is 9.49. The van der Waals surface area contributed by atoms with Crippen LogP contribution in [0.5, 0.6) is 0 Å². The molecule has 2 aromatic rings. The lowest BCUT2D eigenvalue weighted by atomic mass is 10.0. The number of fused-ring (bicyclic) bond motifs is 1. The van der Waals surface area contributed by atoms with Crippen molar-refractivity contribution in [3.8, 4) is 0 Å². The lowest BCUT2D eigenvalue weighted by molar-refractivity contribution is -0.398. The second-order valence-corrected chi connectivity index (χ2v) is 4.86. The number of carbonyl (C=O) groups is 2. The number of benzene rings is 1. The van der Waals surface area contributed by atoms with Gasteiger partial charge in [-0.2, -0.15) is 0 Å². The SMILES string of the molecule is C[C@H]([NH3+])C(=O)N[C@@H](Cc1c[nH]c2ccccc12)C(=O)O. The average Bonchev–Trinajstić information content (AvgIpc) is 2.81. The summed E-state index contributed by atoms with van der Waals surface area (Å²) in [5.74, 6) is -1.42. The maximum atomic E-state index is 11.6. The molecule has 2 rings (SSSR count). The summed E-state index contributed by atoms with van der Waals surface area (Å²) in [6.07, 6.45) is 2.01. The highest BCUT2D eigenvalue weighted by Crippen LogP contribution is 2.19. The first kappa shape index (κ1) is 14.1. The Balaban J connectivity index is 2.20. The summed E-state index contributed by atoms with van der Waals surface area (Å²) in [5.41, 5.74) is 5.40. The molecule has 0 saturated carbocycles. The van der Waals surface area contributed by atoms with Crippen LogP contribution in [0, 0.1) is 0 Å². The summed E-state index contributed by atoms with van der Waals surface area (Å²) >= 11 is 0. The molecule has 0 unspecified atom stereocenters. The second-order valence-electron chi connectivity index (χ2n) is 4.86. The summed E-state index contributed by atoms with van der Waals surface area (Å²) in [6.45, 7) is 1.62. The Hall–Kier alpha value is -2.34. The number of H-pyrrole nitrogens is 1. The van der Waals surface area contributed by atoms with Crippen LogP contribution in [-0.4, -0.2) is 34.1 Å². The zero-order chi connectivity index (χ0) is 14.7. The van der Waals surface area contributed by atoms with Crippen LogP contribution in [-0.2, 0) is 16.0 Å². The molecule has 1 aromatic heterocycles. The standard InChI is InChI=1S/C14H17N3O3/c1-8(15)13(18)17-12(14(19)20)6-9-7-16-11-5-3-2-4-10(9)11/h2-5,7-8,12,16H,6,15H2,1H3,(H,17,18)(H,19,20)/p+1/t8-,12-/m0/s1. The summed E-state index contributed by atoms with van der Waals surface area (Å²) in [7, 11) is 0. The van der Waals surface area contributed by atoms with Gasteiger partial charge in [0.25, 0.3) is 5.91 Å². The number of quaternary nitrogens is 1. The lowest BCUT2D eigenvalue weighted by Crippen LogP contribution is -2.67. The van der Waals surface area contributed by atoms with E-state index in [0.29, 0.717) is 0 Å². The van der Waals surface area contributed by atoms with E-state index in [0.717, 1.165) is 16.5 Å². The zero-order valence-corrected chi connectivity index (χ0v) is 11.2. The lowest BCUT2D eigenvalue weighted by Gasteiger charge is -2.14. The second kappa shape index (κ2) is 5.75. The van der Waals surface area contributed by atoms with Gasteiger partial charge in [-0.15, -0.1) is 0 Å². The molecule has 1 amide bonds. The molecule has 6 N–H and O–H groups in total. The summed E-state index contributed by atoms with van der Waals surface area (Å²) in [4.78, 5) is 26.0. The van der Waals surface area contributed by atoms with Crippen molar-refractivity contribution in [3.05, 3.63) is 36.0 Å². The fraction of sp³-hybridized carbons (Fsp3) is 0.286. The van der Waals surface area contributed by atoms with Crippen molar-refractivity contribution in [1.82, 2.24) is 10.3 Å². The Kier molecular flexibility index (Phi) is 4.05. The number of hydrogen-bond donors (Lipinski definition) is 4. The van der Waals surface area contributed by atoms with Gasteiger partial charge in [0.2, 0.25) is 0 Å². The van der Waals surface area contributed by atoms with E-state index >= 15 is 0 Å². The fourth-order valence-electron chi connectivity index (χ4n) is 2.03. The normalized spacial score (nSPS) is 13.9.